The number of epoxide rings is 1. The summed E-state index contributed by atoms with van der Waals surface area (Å²) in [5.74, 6) is -0.522. The number of aromatic hydroxyl groups is 1. The fourth-order valence-electron chi connectivity index (χ4n) is 8.13. The molecule has 12 nitrogen and oxygen atoms in total. The summed E-state index contributed by atoms with van der Waals surface area (Å²) in [6.07, 6.45) is 1.30. The van der Waals surface area contributed by atoms with Crippen LogP contribution in [0.4, 0.5) is 4.79 Å². The number of rotatable bonds is 6. The number of nitrogens with one attached hydrogen (secondary N) is 1. The first-order chi connectivity index (χ1) is 25.4. The van der Waals surface area contributed by atoms with E-state index in [4.69, 9.17) is 23.5 Å². The number of likely N-dealkylation sites (tertiary alicyclic amines) is 1. The molecule has 3 aromatic carbocycles. The van der Waals surface area contributed by atoms with E-state index < -0.39 is 23.1 Å². The van der Waals surface area contributed by atoms with Gasteiger partial charge in [0.1, 0.15) is 23.5 Å². The Kier molecular flexibility index (Phi) is 8.57. The van der Waals surface area contributed by atoms with Gasteiger partial charge in [-0.2, -0.15) is 0 Å². The molecule has 3 atom stereocenters. The Labute approximate surface area is 307 Å². The van der Waals surface area contributed by atoms with Crippen molar-refractivity contribution in [2.45, 2.75) is 70.8 Å². The van der Waals surface area contributed by atoms with Gasteiger partial charge in [-0.15, -0.1) is 0 Å². The molecule has 2 aliphatic heterocycles. The van der Waals surface area contributed by atoms with Gasteiger partial charge in [0, 0.05) is 40.8 Å². The molecule has 0 bridgehead atoms. The third kappa shape index (κ3) is 5.94. The highest BCUT2D eigenvalue weighted by atomic mass is 16.7. The maximum absolute atomic E-state index is 14.7. The predicted molar refractivity (Wildman–Crippen MR) is 193 cm³/mol. The topological polar surface area (TPSA) is 153 Å². The van der Waals surface area contributed by atoms with Gasteiger partial charge in [0.15, 0.2) is 23.1 Å². The fourth-order valence-corrected chi connectivity index (χ4v) is 8.13. The first-order valence-electron chi connectivity index (χ1n) is 18.1. The summed E-state index contributed by atoms with van der Waals surface area (Å²) in [6.45, 7) is 8.06. The summed E-state index contributed by atoms with van der Waals surface area (Å²) in [4.78, 5) is 44.5. The van der Waals surface area contributed by atoms with Gasteiger partial charge in [0.25, 0.3) is 5.88 Å². The number of carbonyl (C=O) groups excluding carboxylic acids is 3. The molecule has 1 spiro atoms. The Morgan fingerprint density at radius 2 is 1.79 bits per heavy atom. The van der Waals surface area contributed by atoms with E-state index in [9.17, 15) is 19.5 Å². The summed E-state index contributed by atoms with van der Waals surface area (Å²) in [5, 5.41) is 19.5. The molecular formula is C41H43N3O9. The van der Waals surface area contributed by atoms with Crippen LogP contribution in [0.5, 0.6) is 17.4 Å². The van der Waals surface area contributed by atoms with Gasteiger partial charge in [0.2, 0.25) is 11.4 Å². The lowest BCUT2D eigenvalue weighted by atomic mass is 9.63. The average molecular weight is 722 g/mol. The van der Waals surface area contributed by atoms with Crippen LogP contribution >= 0.6 is 0 Å². The lowest BCUT2D eigenvalue weighted by Gasteiger charge is -2.35. The number of carbonyl (C=O) groups is 3. The average Bonchev–Trinajstić information content (AvgIpc) is 3.72. The summed E-state index contributed by atoms with van der Waals surface area (Å²) in [7, 11) is 3.75. The number of benzene rings is 3. The number of fused-ring (bicyclic) bond motifs is 4. The van der Waals surface area contributed by atoms with Crippen molar-refractivity contribution in [3.63, 3.8) is 0 Å². The number of ether oxygens (including phenoxy) is 4. The van der Waals surface area contributed by atoms with E-state index in [1.807, 2.05) is 62.6 Å². The van der Waals surface area contributed by atoms with Crippen LogP contribution in [0, 0.1) is 11.8 Å². The Morgan fingerprint density at radius 1 is 1.04 bits per heavy atom. The lowest BCUT2D eigenvalue weighted by Crippen LogP contribution is -2.44. The molecule has 53 heavy (non-hydrogen) atoms. The number of phenolic OH excluding ortho intramolecular Hbond substituents is 1. The van der Waals surface area contributed by atoms with Crippen LogP contribution < -0.4 is 14.8 Å². The van der Waals surface area contributed by atoms with Crippen LogP contribution in [0.25, 0.3) is 10.8 Å². The second kappa shape index (κ2) is 13.0. The summed E-state index contributed by atoms with van der Waals surface area (Å²) in [6, 6.07) is 15.2. The third-order valence-electron chi connectivity index (χ3n) is 10.6. The van der Waals surface area contributed by atoms with Crippen LogP contribution in [-0.2, 0) is 35.5 Å². The summed E-state index contributed by atoms with van der Waals surface area (Å²) >= 11 is 0. The maximum atomic E-state index is 14.7. The number of aromatic nitrogens is 1. The standard InChI is InChI=1S/C39H36N2O9.C2H7N/c1-38(2,3)49-37(45)47-33-25-14-21(18-41-12-7-13-41)10-11-24(25)31(42)26-16-22-15-23-17-27-30(36(40-50-27)46-19-20-8-5-4-6-9-20)34(44)39(23)35(48-39)28(22)32(43)29(26)33;1-3-2/h4-6,8-11,14,22-23,42H,7,12-13,15-19H2,1-3H3;3H,1-2H3/t22?,23-,39+;/m0./s1. The van der Waals surface area contributed by atoms with Gasteiger partial charge in [-0.05, 0) is 95.5 Å². The van der Waals surface area contributed by atoms with Gasteiger partial charge in [-0.3, -0.25) is 14.5 Å². The quantitative estimate of drug-likeness (QED) is 0.130. The van der Waals surface area contributed by atoms with Crippen LogP contribution in [0.3, 0.4) is 0 Å². The van der Waals surface area contributed by atoms with Crippen molar-refractivity contribution in [2.75, 3.05) is 27.2 Å². The van der Waals surface area contributed by atoms with Crippen molar-refractivity contribution in [3.8, 4) is 17.4 Å². The molecular weight excluding hydrogens is 678 g/mol. The van der Waals surface area contributed by atoms with E-state index in [0.717, 1.165) is 30.6 Å². The normalized spacial score (nSPS) is 22.5. The lowest BCUT2D eigenvalue weighted by molar-refractivity contribution is 0.0207. The zero-order valence-corrected chi connectivity index (χ0v) is 30.5. The number of ketones is 2. The summed E-state index contributed by atoms with van der Waals surface area (Å²) < 4.78 is 29.3. The molecule has 12 heteroatoms. The molecule has 0 saturated carbocycles. The minimum absolute atomic E-state index is 0.0227. The first kappa shape index (κ1) is 34.9. The van der Waals surface area contributed by atoms with Crippen LogP contribution in [0.2, 0.25) is 0 Å². The maximum Gasteiger partial charge on any atom is 0.514 e. The van der Waals surface area contributed by atoms with Gasteiger partial charge in [-0.1, -0.05) is 42.5 Å². The van der Waals surface area contributed by atoms with Crippen molar-refractivity contribution in [2.24, 2.45) is 11.8 Å². The molecule has 0 amide bonds. The van der Waals surface area contributed by atoms with Gasteiger partial charge >= 0.3 is 6.16 Å². The SMILES string of the molecule is CC(C)(C)OC(=O)Oc1c2c(c(O)c3ccc(CN4CCC4)cc13)CC1C[C@H]3Cc4onc(OCc5ccccc5)c4C(=O)[C@]34OC4=C1C2=O.CNC. The zero-order valence-electron chi connectivity index (χ0n) is 30.5. The molecule has 2 fully saturated rings. The minimum Gasteiger partial charge on any atom is -0.507 e. The van der Waals surface area contributed by atoms with Crippen LogP contribution in [0.1, 0.15) is 76.8 Å². The van der Waals surface area contributed by atoms with Gasteiger partial charge in [-0.25, -0.2) is 4.79 Å². The highest BCUT2D eigenvalue weighted by Gasteiger charge is 2.72. The van der Waals surface area contributed by atoms with E-state index in [1.165, 1.54) is 0 Å². The molecule has 276 valence electrons. The number of hydrogen-bond acceptors (Lipinski definition) is 12. The van der Waals surface area contributed by atoms with Crippen molar-refractivity contribution in [1.29, 1.82) is 0 Å². The van der Waals surface area contributed by atoms with E-state index >= 15 is 0 Å². The second-order valence-corrected chi connectivity index (χ2v) is 15.4. The van der Waals surface area contributed by atoms with E-state index in [2.05, 4.69) is 15.4 Å². The monoisotopic (exact) mass is 721 g/mol. The molecule has 9 rings (SSSR count). The Balaban J connectivity index is 0.00000129. The molecule has 0 radical (unpaired) electrons. The Hall–Kier alpha value is -5.20. The molecule has 1 unspecified atom stereocenters. The molecule has 2 N–H and O–H groups in total. The van der Waals surface area contributed by atoms with Gasteiger partial charge in [0.05, 0.1) is 5.56 Å². The minimum atomic E-state index is -1.32. The predicted octanol–water partition coefficient (Wildman–Crippen LogP) is 6.30. The largest absolute Gasteiger partial charge is 0.514 e. The number of hydrogen-bond donors (Lipinski definition) is 2. The number of Topliss-reactive ketones (excluding diaryl/α,β-unsaturated/α-hetero) is 2. The van der Waals surface area contributed by atoms with E-state index in [0.29, 0.717) is 59.2 Å². The Bertz CT molecular complexity index is 2180. The summed E-state index contributed by atoms with van der Waals surface area (Å²) in [5.41, 5.74) is 0.808. The molecule has 4 aromatic rings. The highest BCUT2D eigenvalue weighted by Crippen LogP contribution is 2.63. The third-order valence-corrected chi connectivity index (χ3v) is 10.6. The smallest absolute Gasteiger partial charge is 0.507 e. The Morgan fingerprint density at radius 3 is 2.49 bits per heavy atom. The zero-order chi connectivity index (χ0) is 37.2. The second-order valence-electron chi connectivity index (χ2n) is 15.4. The highest BCUT2D eigenvalue weighted by molar-refractivity contribution is 6.20. The molecule has 3 aliphatic carbocycles. The molecule has 3 heterocycles. The number of phenols is 1. The molecule has 2 saturated heterocycles. The van der Waals surface area contributed by atoms with Crippen molar-refractivity contribution < 1.29 is 43.0 Å². The first-order valence-corrected chi connectivity index (χ1v) is 18.1. The number of nitrogens with zero attached hydrogens (tertiary/aromatic N) is 2. The van der Waals surface area contributed by atoms with Crippen molar-refractivity contribution in [1.82, 2.24) is 15.4 Å². The molecule has 5 aliphatic rings. The molecule has 1 aromatic heterocycles. The van der Waals surface area contributed by atoms with Crippen molar-refractivity contribution in [3.05, 3.63) is 93.4 Å². The number of allylic oxidation sites excluding steroid dienone is 1. The van der Waals surface area contributed by atoms with Crippen molar-refractivity contribution >= 4 is 28.5 Å². The fraction of sp³-hybridized carbons (Fsp3) is 0.415. The van der Waals surface area contributed by atoms with Crippen LogP contribution in [0.15, 0.2) is 64.4 Å². The van der Waals surface area contributed by atoms with E-state index in [1.54, 1.807) is 20.8 Å². The van der Waals surface area contributed by atoms with E-state index in [-0.39, 0.29) is 52.7 Å². The van der Waals surface area contributed by atoms with Gasteiger partial charge < -0.3 is 33.9 Å². The van der Waals surface area contributed by atoms with Crippen LogP contribution in [-0.4, -0.2) is 71.3 Å².